The van der Waals surface area contributed by atoms with Crippen molar-refractivity contribution in [2.24, 2.45) is 0 Å². The lowest BCUT2D eigenvalue weighted by Crippen LogP contribution is -2.39. The van der Waals surface area contributed by atoms with Gasteiger partial charge >= 0.3 is 5.97 Å². The number of esters is 1. The Bertz CT molecular complexity index is 622. The molecule has 0 aromatic heterocycles. The Labute approximate surface area is 135 Å². The summed E-state index contributed by atoms with van der Waals surface area (Å²) in [7, 11) is 1.39. The summed E-state index contributed by atoms with van der Waals surface area (Å²) in [5, 5.41) is 12.4. The summed E-state index contributed by atoms with van der Waals surface area (Å²) in [6, 6.07) is 13.7. The van der Waals surface area contributed by atoms with Crippen molar-refractivity contribution in [3.05, 3.63) is 54.1 Å². The first kappa shape index (κ1) is 16.8. The molecule has 2 rings (SSSR count). The third-order valence-corrected chi connectivity index (χ3v) is 3.37. The molecule has 0 fully saturated rings. The summed E-state index contributed by atoms with van der Waals surface area (Å²) >= 11 is 0. The van der Waals surface area contributed by atoms with Crippen molar-refractivity contribution in [2.75, 3.05) is 13.7 Å². The van der Waals surface area contributed by atoms with Crippen molar-refractivity contribution in [3.8, 4) is 17.2 Å². The van der Waals surface area contributed by atoms with Crippen molar-refractivity contribution < 1.29 is 19.4 Å². The third-order valence-electron chi connectivity index (χ3n) is 3.37. The smallest absolute Gasteiger partial charge is 0.323 e. The van der Waals surface area contributed by atoms with Crippen LogP contribution in [0.15, 0.2) is 48.5 Å². The van der Waals surface area contributed by atoms with E-state index in [-0.39, 0.29) is 17.8 Å². The normalized spacial score (nSPS) is 11.7. The second-order valence-electron chi connectivity index (χ2n) is 5.08. The van der Waals surface area contributed by atoms with Crippen molar-refractivity contribution in [1.82, 2.24) is 5.32 Å². The molecule has 2 aromatic rings. The van der Waals surface area contributed by atoms with Crippen molar-refractivity contribution >= 4 is 5.97 Å². The lowest BCUT2D eigenvalue weighted by atomic mass is 10.1. The van der Waals surface area contributed by atoms with Gasteiger partial charge in [-0.1, -0.05) is 19.1 Å². The van der Waals surface area contributed by atoms with Gasteiger partial charge < -0.3 is 19.9 Å². The van der Waals surface area contributed by atoms with E-state index in [9.17, 15) is 9.90 Å². The number of carbonyl (C=O) groups is 1. The van der Waals surface area contributed by atoms with Gasteiger partial charge in [0.25, 0.3) is 0 Å². The number of phenolic OH excluding ortho intramolecular Hbond substituents is 1. The highest BCUT2D eigenvalue weighted by Gasteiger charge is 2.18. The molecule has 0 radical (unpaired) electrons. The van der Waals surface area contributed by atoms with E-state index in [0.29, 0.717) is 24.5 Å². The maximum Gasteiger partial charge on any atom is 0.323 e. The maximum absolute atomic E-state index is 11.7. The summed E-state index contributed by atoms with van der Waals surface area (Å²) < 4.78 is 10.5. The molecule has 0 saturated heterocycles. The fraction of sp³-hybridized carbons (Fsp3) is 0.278. The van der Waals surface area contributed by atoms with Gasteiger partial charge in [-0.15, -0.1) is 0 Å². The van der Waals surface area contributed by atoms with Crippen LogP contribution in [0, 0.1) is 0 Å². The van der Waals surface area contributed by atoms with Crippen LogP contribution in [0.5, 0.6) is 17.2 Å². The van der Waals surface area contributed by atoms with Crippen LogP contribution in [-0.4, -0.2) is 30.8 Å². The topological polar surface area (TPSA) is 67.8 Å². The average Bonchev–Trinajstić information content (AvgIpc) is 2.57. The molecule has 0 bridgehead atoms. The standard InChI is InChI=1S/C18H21NO4/c1-3-19-17(18(21)22-2)12-13-4-8-15(9-5-13)23-16-10-6-14(20)7-11-16/h4-11,17,19-20H,3,12H2,1-2H3/t17-/m0/s1. The van der Waals surface area contributed by atoms with E-state index >= 15 is 0 Å². The average molecular weight is 315 g/mol. The van der Waals surface area contributed by atoms with E-state index in [0.717, 1.165) is 5.56 Å². The van der Waals surface area contributed by atoms with E-state index < -0.39 is 0 Å². The second kappa shape index (κ2) is 8.19. The number of aromatic hydroxyl groups is 1. The summed E-state index contributed by atoms with van der Waals surface area (Å²) in [5.74, 6) is 1.27. The van der Waals surface area contributed by atoms with Crippen LogP contribution in [0.2, 0.25) is 0 Å². The minimum atomic E-state index is -0.353. The molecule has 1 atom stereocenters. The van der Waals surface area contributed by atoms with Crippen LogP contribution < -0.4 is 10.1 Å². The minimum absolute atomic E-state index is 0.199. The Morgan fingerprint density at radius 2 is 1.65 bits per heavy atom. The summed E-state index contributed by atoms with van der Waals surface area (Å²) in [4.78, 5) is 11.7. The van der Waals surface area contributed by atoms with Gasteiger partial charge in [0.15, 0.2) is 0 Å². The molecule has 0 unspecified atom stereocenters. The van der Waals surface area contributed by atoms with Crippen LogP contribution in [0.1, 0.15) is 12.5 Å². The summed E-state index contributed by atoms with van der Waals surface area (Å²) in [5.41, 5.74) is 1.01. The minimum Gasteiger partial charge on any atom is -0.508 e. The largest absolute Gasteiger partial charge is 0.508 e. The zero-order chi connectivity index (χ0) is 16.7. The zero-order valence-corrected chi connectivity index (χ0v) is 13.3. The first-order valence-electron chi connectivity index (χ1n) is 7.49. The van der Waals surface area contributed by atoms with Gasteiger partial charge in [0.2, 0.25) is 0 Å². The van der Waals surface area contributed by atoms with Crippen molar-refractivity contribution in [3.63, 3.8) is 0 Å². The molecule has 0 aliphatic rings. The Kier molecular flexibility index (Phi) is 6.00. The number of phenols is 1. The molecular formula is C18H21NO4. The molecule has 2 aromatic carbocycles. The number of hydrogen-bond acceptors (Lipinski definition) is 5. The van der Waals surface area contributed by atoms with Gasteiger partial charge in [-0.05, 0) is 54.9 Å². The molecule has 0 saturated carbocycles. The molecule has 5 nitrogen and oxygen atoms in total. The first-order chi connectivity index (χ1) is 11.1. The number of hydrogen-bond donors (Lipinski definition) is 2. The number of benzene rings is 2. The van der Waals surface area contributed by atoms with Gasteiger partial charge in [-0.2, -0.15) is 0 Å². The quantitative estimate of drug-likeness (QED) is 0.769. The molecule has 5 heteroatoms. The molecule has 0 spiro atoms. The summed E-state index contributed by atoms with van der Waals surface area (Å²) in [6.07, 6.45) is 0.556. The van der Waals surface area contributed by atoms with Gasteiger partial charge in [0.05, 0.1) is 7.11 Å². The molecule has 122 valence electrons. The molecule has 0 aliphatic carbocycles. The van der Waals surface area contributed by atoms with E-state index in [2.05, 4.69) is 5.32 Å². The van der Waals surface area contributed by atoms with Crippen LogP contribution >= 0.6 is 0 Å². The highest BCUT2D eigenvalue weighted by atomic mass is 16.5. The lowest BCUT2D eigenvalue weighted by Gasteiger charge is -2.15. The van der Waals surface area contributed by atoms with Crippen LogP contribution in [-0.2, 0) is 16.0 Å². The number of nitrogens with one attached hydrogen (secondary N) is 1. The van der Waals surface area contributed by atoms with Gasteiger partial charge in [-0.3, -0.25) is 4.79 Å². The number of ether oxygens (including phenoxy) is 2. The maximum atomic E-state index is 11.7. The predicted molar refractivity (Wildman–Crippen MR) is 87.8 cm³/mol. The molecular weight excluding hydrogens is 294 g/mol. The molecule has 2 N–H and O–H groups in total. The predicted octanol–water partition coefficient (Wildman–Crippen LogP) is 2.88. The fourth-order valence-corrected chi connectivity index (χ4v) is 2.21. The Morgan fingerprint density at radius 1 is 1.09 bits per heavy atom. The van der Waals surface area contributed by atoms with E-state index in [1.54, 1.807) is 24.3 Å². The zero-order valence-electron chi connectivity index (χ0n) is 13.3. The number of likely N-dealkylation sites (N-methyl/N-ethyl adjacent to an activating group) is 1. The van der Waals surface area contributed by atoms with Gasteiger partial charge in [0.1, 0.15) is 23.3 Å². The number of methoxy groups -OCH3 is 1. The SMILES string of the molecule is CCN[C@@H](Cc1ccc(Oc2ccc(O)cc2)cc1)C(=O)OC. The Hall–Kier alpha value is -2.53. The highest BCUT2D eigenvalue weighted by Crippen LogP contribution is 2.23. The van der Waals surface area contributed by atoms with Crippen LogP contribution in [0.25, 0.3) is 0 Å². The second-order valence-corrected chi connectivity index (χ2v) is 5.08. The highest BCUT2D eigenvalue weighted by molar-refractivity contribution is 5.76. The number of rotatable bonds is 7. The van der Waals surface area contributed by atoms with Crippen LogP contribution in [0.4, 0.5) is 0 Å². The molecule has 0 amide bonds. The third kappa shape index (κ3) is 5.00. The van der Waals surface area contributed by atoms with Gasteiger partial charge in [0, 0.05) is 0 Å². The van der Waals surface area contributed by atoms with E-state index in [1.807, 2.05) is 31.2 Å². The van der Waals surface area contributed by atoms with Crippen molar-refractivity contribution in [2.45, 2.75) is 19.4 Å². The van der Waals surface area contributed by atoms with E-state index in [1.165, 1.54) is 7.11 Å². The Morgan fingerprint density at radius 3 is 2.17 bits per heavy atom. The van der Waals surface area contributed by atoms with Crippen molar-refractivity contribution in [1.29, 1.82) is 0 Å². The summed E-state index contributed by atoms with van der Waals surface area (Å²) in [6.45, 7) is 2.65. The molecule has 0 heterocycles. The monoisotopic (exact) mass is 315 g/mol. The lowest BCUT2D eigenvalue weighted by molar-refractivity contribution is -0.143. The van der Waals surface area contributed by atoms with Gasteiger partial charge in [-0.25, -0.2) is 0 Å². The fourth-order valence-electron chi connectivity index (χ4n) is 2.21. The number of carbonyl (C=O) groups excluding carboxylic acids is 1. The van der Waals surface area contributed by atoms with Crippen LogP contribution in [0.3, 0.4) is 0 Å². The van der Waals surface area contributed by atoms with E-state index in [4.69, 9.17) is 9.47 Å². The molecule has 23 heavy (non-hydrogen) atoms. The Balaban J connectivity index is 2.00. The molecule has 0 aliphatic heterocycles. The first-order valence-corrected chi connectivity index (χ1v) is 7.49.